The van der Waals surface area contributed by atoms with E-state index in [4.69, 9.17) is 42.1 Å². The predicted molar refractivity (Wildman–Crippen MR) is 169 cm³/mol. The van der Waals surface area contributed by atoms with Gasteiger partial charge in [-0.25, -0.2) is 0 Å². The first kappa shape index (κ1) is 34.7. The first-order chi connectivity index (χ1) is 20.5. The molecule has 12 nitrogen and oxygen atoms in total. The van der Waals surface area contributed by atoms with Crippen LogP contribution in [0.4, 0.5) is 0 Å². The summed E-state index contributed by atoms with van der Waals surface area (Å²) in [5.74, 6) is 1.40. The molecule has 0 bridgehead atoms. The van der Waals surface area contributed by atoms with Crippen LogP contribution in [0.25, 0.3) is 0 Å². The molecule has 0 aliphatic heterocycles. The highest BCUT2D eigenvalue weighted by Crippen LogP contribution is 2.39. The van der Waals surface area contributed by atoms with Gasteiger partial charge in [0.1, 0.15) is 11.5 Å². The number of aromatic nitrogens is 4. The van der Waals surface area contributed by atoms with Crippen molar-refractivity contribution in [3.63, 3.8) is 0 Å². The fourth-order valence-corrected chi connectivity index (χ4v) is 11.0. The van der Waals surface area contributed by atoms with Crippen LogP contribution in [0.3, 0.4) is 0 Å². The summed E-state index contributed by atoms with van der Waals surface area (Å²) in [7, 11) is -4.46. The standard InChI is InChI=1S/C26H42N4O8P4/c1-8-31-29-40(34-10-3)27-39-28(41(35-11-4)30(32-9-2)42(29)36-12-5)33-21-26(37-24-19-15-13-17-22(24)6)38-25-20-16-14-18-23(25)7/h13-20,26H,8-12,21H2,1-7H3. The molecule has 3 rings (SSSR count). The minimum Gasteiger partial charge on any atom is -0.452 e. The molecule has 16 heteroatoms. The Hall–Kier alpha value is -1.80. The van der Waals surface area contributed by atoms with Crippen molar-refractivity contribution < 1.29 is 37.6 Å². The summed E-state index contributed by atoms with van der Waals surface area (Å²) in [4.78, 5) is 18.6. The monoisotopic (exact) mass is 662 g/mol. The Labute approximate surface area is 252 Å². The molecule has 1 aromatic heterocycles. The molecule has 0 spiro atoms. The van der Waals surface area contributed by atoms with Gasteiger partial charge in [-0.3, -0.25) is 14.5 Å². The molecule has 0 amide bonds. The largest absolute Gasteiger partial charge is 0.452 e. The van der Waals surface area contributed by atoms with Gasteiger partial charge in [0.2, 0.25) is 24.2 Å². The van der Waals surface area contributed by atoms with Crippen LogP contribution in [0, 0.1) is 13.8 Å². The Morgan fingerprint density at radius 2 is 1.19 bits per heavy atom. The molecule has 1 heterocycles. The molecule has 42 heavy (non-hydrogen) atoms. The van der Waals surface area contributed by atoms with Crippen LogP contribution in [0.1, 0.15) is 45.7 Å². The zero-order valence-electron chi connectivity index (χ0n) is 25.3. The summed E-state index contributed by atoms with van der Waals surface area (Å²) >= 11 is 0. The van der Waals surface area contributed by atoms with Crippen molar-refractivity contribution in [1.29, 1.82) is 0 Å². The van der Waals surface area contributed by atoms with E-state index < -0.39 is 30.5 Å². The van der Waals surface area contributed by atoms with Gasteiger partial charge in [-0.2, -0.15) is 4.51 Å². The number of para-hydroxylation sites is 2. The molecular weight excluding hydrogens is 620 g/mol. The van der Waals surface area contributed by atoms with E-state index >= 15 is 0 Å². The summed E-state index contributed by atoms with van der Waals surface area (Å²) in [6.45, 7) is 15.6. The quantitative estimate of drug-likeness (QED) is 0.160. The lowest BCUT2D eigenvalue weighted by atomic mass is 10.2. The minimum absolute atomic E-state index is 0.0331. The van der Waals surface area contributed by atoms with Crippen molar-refractivity contribution in [3.8, 4) is 11.5 Å². The fraction of sp³-hybridized carbons (Fsp3) is 0.538. The molecule has 234 valence electrons. The van der Waals surface area contributed by atoms with E-state index in [1.54, 1.807) is 12.8 Å². The summed E-state index contributed by atoms with van der Waals surface area (Å²) in [6, 6.07) is 15.6. The first-order valence-corrected chi connectivity index (χ1v) is 18.2. The van der Waals surface area contributed by atoms with E-state index in [0.29, 0.717) is 53.0 Å². The smallest absolute Gasteiger partial charge is 0.266 e. The number of nitrogens with zero attached hydrogens (tertiary/aromatic N) is 4. The van der Waals surface area contributed by atoms with E-state index in [9.17, 15) is 0 Å². The average Bonchev–Trinajstić information content (AvgIpc) is 2.98. The summed E-state index contributed by atoms with van der Waals surface area (Å²) in [5.41, 5.74) is 1.96. The Morgan fingerprint density at radius 1 is 0.667 bits per heavy atom. The van der Waals surface area contributed by atoms with E-state index in [1.165, 1.54) is 0 Å². The Bertz CT molecular complexity index is 1280. The topological polar surface area (TPSA) is 102 Å². The molecule has 0 aliphatic rings. The minimum atomic E-state index is -1.68. The van der Waals surface area contributed by atoms with Crippen LogP contribution >= 0.6 is 32.7 Å². The van der Waals surface area contributed by atoms with Crippen molar-refractivity contribution in [2.75, 3.05) is 39.6 Å². The second-order valence-corrected chi connectivity index (χ2v) is 14.6. The first-order valence-electron chi connectivity index (χ1n) is 13.9. The van der Waals surface area contributed by atoms with E-state index in [0.717, 1.165) is 11.1 Å². The van der Waals surface area contributed by atoms with Crippen molar-refractivity contribution in [2.45, 2.75) is 54.8 Å². The number of ether oxygens (including phenoxy) is 2. The maximum atomic E-state index is 6.40. The van der Waals surface area contributed by atoms with Gasteiger partial charge in [0.15, 0.2) is 15.1 Å². The van der Waals surface area contributed by atoms with Crippen LogP contribution in [0.2, 0.25) is 0 Å². The Morgan fingerprint density at radius 3 is 1.71 bits per heavy atom. The van der Waals surface area contributed by atoms with Crippen molar-refractivity contribution in [2.24, 2.45) is 0 Å². The second kappa shape index (κ2) is 18.8. The molecule has 0 saturated carbocycles. The fourth-order valence-electron chi connectivity index (χ4n) is 3.40. The molecule has 0 fully saturated rings. The SMILES string of the molecule is CCOn1p(OCC)npn(OCC(Oc2ccccc2C)Oc2ccccc2C)p(OCC)n(OCC)p1OCC. The zero-order chi connectivity index (χ0) is 30.3. The number of rotatable bonds is 17. The third-order valence-electron chi connectivity index (χ3n) is 5.18. The van der Waals surface area contributed by atoms with Crippen LogP contribution in [-0.4, -0.2) is 63.2 Å². The van der Waals surface area contributed by atoms with E-state index in [1.807, 2.05) is 97.0 Å². The van der Waals surface area contributed by atoms with Crippen LogP contribution in [0.5, 0.6) is 11.5 Å². The third-order valence-corrected chi connectivity index (χ3v) is 12.4. The molecule has 0 saturated heterocycles. The van der Waals surface area contributed by atoms with Gasteiger partial charge in [-0.1, -0.05) is 36.4 Å². The summed E-state index contributed by atoms with van der Waals surface area (Å²) in [5, 5.41) is 0. The molecule has 0 aliphatic carbocycles. The van der Waals surface area contributed by atoms with E-state index in [-0.39, 0.29) is 6.61 Å². The van der Waals surface area contributed by atoms with Crippen molar-refractivity contribution in [1.82, 2.24) is 17.3 Å². The predicted octanol–water partition coefficient (Wildman–Crippen LogP) is 6.05. The maximum Gasteiger partial charge on any atom is 0.266 e. The molecular formula is C26H42N4O8P4. The Kier molecular flexibility index (Phi) is 15.5. The lowest BCUT2D eigenvalue weighted by Crippen LogP contribution is -2.34. The average molecular weight is 663 g/mol. The number of aryl methyl sites for hydroxylation is 2. The molecule has 3 atom stereocenters. The van der Waals surface area contributed by atoms with Crippen molar-refractivity contribution in [3.05, 3.63) is 59.7 Å². The van der Waals surface area contributed by atoms with Gasteiger partial charge >= 0.3 is 0 Å². The highest BCUT2D eigenvalue weighted by atomic mass is 31.2. The van der Waals surface area contributed by atoms with Gasteiger partial charge in [0.25, 0.3) is 6.29 Å². The lowest BCUT2D eigenvalue weighted by Gasteiger charge is -2.24. The highest BCUT2D eigenvalue weighted by molar-refractivity contribution is 7.57. The van der Waals surface area contributed by atoms with Gasteiger partial charge in [0.05, 0.1) is 33.0 Å². The second-order valence-electron chi connectivity index (χ2n) is 8.28. The van der Waals surface area contributed by atoms with Gasteiger partial charge in [-0.05, 0) is 71.7 Å². The normalized spacial score (nSPS) is 12.6. The molecule has 2 aromatic carbocycles. The number of hydrogen-bond donors (Lipinski definition) is 0. The van der Waals surface area contributed by atoms with Crippen LogP contribution in [0.15, 0.2) is 48.5 Å². The van der Waals surface area contributed by atoms with Crippen molar-refractivity contribution >= 4 is 32.7 Å². The molecule has 0 N–H and O–H groups in total. The third kappa shape index (κ3) is 9.87. The maximum absolute atomic E-state index is 6.40. The Balaban J connectivity index is 2.13. The molecule has 3 aromatic rings. The molecule has 3 unspecified atom stereocenters. The zero-order valence-corrected chi connectivity index (χ0v) is 28.9. The summed E-state index contributed by atoms with van der Waals surface area (Å²) < 4.78 is 41.0. The number of hydrogen-bond acceptors (Lipinski definition) is 9. The van der Waals surface area contributed by atoms with E-state index in [2.05, 4.69) is 0 Å². The highest BCUT2D eigenvalue weighted by Gasteiger charge is 2.21. The number of benzene rings is 2. The van der Waals surface area contributed by atoms with Gasteiger partial charge < -0.3 is 23.0 Å². The summed E-state index contributed by atoms with van der Waals surface area (Å²) in [6.07, 6.45) is -0.784. The van der Waals surface area contributed by atoms with Crippen LogP contribution < -0.4 is 37.6 Å². The lowest BCUT2D eigenvalue weighted by molar-refractivity contribution is -0.0551. The van der Waals surface area contributed by atoms with Gasteiger partial charge in [0, 0.05) is 0 Å². The molecule has 0 radical (unpaired) electrons. The van der Waals surface area contributed by atoms with Crippen LogP contribution in [-0.2, 0) is 0 Å². The van der Waals surface area contributed by atoms with Gasteiger partial charge in [-0.15, -0.1) is 12.8 Å².